The Morgan fingerprint density at radius 1 is 0.711 bits per heavy atom. The number of rotatable bonds is 10. The summed E-state index contributed by atoms with van der Waals surface area (Å²) in [7, 11) is 3.04. The van der Waals surface area contributed by atoms with Gasteiger partial charge in [-0.15, -0.1) is 0 Å². The molecule has 0 bridgehead atoms. The van der Waals surface area contributed by atoms with E-state index in [9.17, 15) is 4.79 Å². The van der Waals surface area contributed by atoms with Crippen molar-refractivity contribution >= 4 is 5.78 Å². The molecular weight excluding hydrogens is 492 g/mol. The van der Waals surface area contributed by atoms with Crippen molar-refractivity contribution in [1.82, 2.24) is 0 Å². The predicted molar refractivity (Wildman–Crippen MR) is 138 cm³/mol. The van der Waals surface area contributed by atoms with E-state index in [1.165, 1.54) is 14.2 Å². The molecule has 0 aromatic heterocycles. The highest BCUT2D eigenvalue weighted by molar-refractivity contribution is 6.12. The van der Waals surface area contributed by atoms with Crippen molar-refractivity contribution in [3.8, 4) is 11.5 Å². The van der Waals surface area contributed by atoms with Crippen LogP contribution in [0.25, 0.3) is 0 Å². The summed E-state index contributed by atoms with van der Waals surface area (Å²) in [6.45, 7) is 10.4. The molecule has 2 saturated heterocycles. The van der Waals surface area contributed by atoms with E-state index in [-0.39, 0.29) is 30.2 Å². The maximum Gasteiger partial charge on any atom is 0.200 e. The summed E-state index contributed by atoms with van der Waals surface area (Å²) in [5.41, 5.74) is 1.91. The van der Waals surface area contributed by atoms with Crippen LogP contribution in [0.15, 0.2) is 36.4 Å². The summed E-state index contributed by atoms with van der Waals surface area (Å²) < 4.78 is 45.5. The molecule has 0 aliphatic carbocycles. The minimum absolute atomic E-state index is 0.0170. The van der Waals surface area contributed by atoms with E-state index in [4.69, 9.17) is 37.9 Å². The van der Waals surface area contributed by atoms with Crippen molar-refractivity contribution in [3.63, 3.8) is 0 Å². The largest absolute Gasteiger partial charge is 0.467 e. The Hall–Kier alpha value is -2.53. The zero-order valence-electron chi connectivity index (χ0n) is 23.0. The lowest BCUT2D eigenvalue weighted by Crippen LogP contribution is -2.34. The molecule has 0 spiro atoms. The van der Waals surface area contributed by atoms with Crippen LogP contribution in [-0.4, -0.2) is 60.0 Å². The Bertz CT molecular complexity index is 1010. The van der Waals surface area contributed by atoms with Crippen LogP contribution in [0.4, 0.5) is 0 Å². The second kappa shape index (κ2) is 12.1. The maximum absolute atomic E-state index is 14.1. The average Bonchev–Trinajstić information content (AvgIpc) is 2.90. The molecule has 9 nitrogen and oxygen atoms in total. The quantitative estimate of drug-likeness (QED) is 0.310. The van der Waals surface area contributed by atoms with Gasteiger partial charge in [0.15, 0.2) is 26.2 Å². The highest BCUT2D eigenvalue weighted by Gasteiger charge is 2.32. The van der Waals surface area contributed by atoms with Gasteiger partial charge in [0, 0.05) is 36.2 Å². The van der Waals surface area contributed by atoms with Crippen LogP contribution in [0.3, 0.4) is 0 Å². The number of hydrogen-bond donors (Lipinski definition) is 0. The molecule has 2 aromatic carbocycles. The number of ether oxygens (including phenoxy) is 8. The van der Waals surface area contributed by atoms with Crippen LogP contribution in [0.1, 0.15) is 67.3 Å². The monoisotopic (exact) mass is 530 g/mol. The summed E-state index contributed by atoms with van der Waals surface area (Å²) in [6, 6.07) is 10.6. The van der Waals surface area contributed by atoms with Crippen LogP contribution in [0, 0.1) is 10.8 Å². The number of benzene rings is 2. The van der Waals surface area contributed by atoms with Gasteiger partial charge in [0.05, 0.1) is 37.6 Å². The third kappa shape index (κ3) is 6.91. The smallest absolute Gasteiger partial charge is 0.200 e. The van der Waals surface area contributed by atoms with Crippen molar-refractivity contribution in [2.45, 2.75) is 40.3 Å². The number of hydrogen-bond acceptors (Lipinski definition) is 9. The Labute approximate surface area is 224 Å². The SMILES string of the molecule is COCOc1ccc(C2OCC(C)(C)CO2)cc1C(=O)c1cc(C2OCC(C)(C)CO2)ccc1OCOC. The topological polar surface area (TPSA) is 90.9 Å². The first-order valence-corrected chi connectivity index (χ1v) is 12.6. The van der Waals surface area contributed by atoms with Crippen molar-refractivity contribution in [1.29, 1.82) is 0 Å². The van der Waals surface area contributed by atoms with E-state index >= 15 is 0 Å². The summed E-state index contributed by atoms with van der Waals surface area (Å²) in [6.07, 6.45) is -1.18. The van der Waals surface area contributed by atoms with Crippen molar-refractivity contribution in [2.24, 2.45) is 10.8 Å². The fourth-order valence-corrected chi connectivity index (χ4v) is 4.15. The molecule has 0 amide bonds. The van der Waals surface area contributed by atoms with E-state index < -0.39 is 12.6 Å². The molecular formula is C29H38O9. The van der Waals surface area contributed by atoms with Gasteiger partial charge in [0.25, 0.3) is 0 Å². The lowest BCUT2D eigenvalue weighted by molar-refractivity contribution is -0.226. The van der Waals surface area contributed by atoms with E-state index in [0.717, 1.165) is 0 Å². The van der Waals surface area contributed by atoms with Gasteiger partial charge in [-0.2, -0.15) is 0 Å². The van der Waals surface area contributed by atoms with Crippen LogP contribution < -0.4 is 9.47 Å². The Morgan fingerprint density at radius 2 is 1.08 bits per heavy atom. The summed E-state index contributed by atoms with van der Waals surface area (Å²) in [5.74, 6) is 0.427. The molecule has 208 valence electrons. The number of ketones is 1. The molecule has 0 atom stereocenters. The standard InChI is InChI=1S/C29H38O9/c1-28(2)13-33-26(34-14-28)19-7-9-23(37-17-31-5)21(11-19)25(30)22-12-20(8-10-24(22)38-18-32-6)27-35-15-29(3,4)16-36-27/h7-12,26-27H,13-18H2,1-6H3. The fourth-order valence-electron chi connectivity index (χ4n) is 4.15. The molecule has 9 heteroatoms. The Kier molecular flexibility index (Phi) is 9.07. The van der Waals surface area contributed by atoms with Gasteiger partial charge < -0.3 is 37.9 Å². The molecule has 2 aromatic rings. The van der Waals surface area contributed by atoms with Crippen LogP contribution in [-0.2, 0) is 28.4 Å². The molecule has 0 saturated carbocycles. The number of carbonyl (C=O) groups excluding carboxylic acids is 1. The van der Waals surface area contributed by atoms with Gasteiger partial charge in [0.2, 0.25) is 5.78 Å². The zero-order valence-corrected chi connectivity index (χ0v) is 23.0. The molecule has 38 heavy (non-hydrogen) atoms. The molecule has 0 unspecified atom stereocenters. The van der Waals surface area contributed by atoms with E-state index in [0.29, 0.717) is 60.2 Å². The van der Waals surface area contributed by atoms with Crippen LogP contribution in [0.5, 0.6) is 11.5 Å². The van der Waals surface area contributed by atoms with Gasteiger partial charge in [-0.3, -0.25) is 4.79 Å². The van der Waals surface area contributed by atoms with Crippen LogP contribution in [0.2, 0.25) is 0 Å². The fraction of sp³-hybridized carbons (Fsp3) is 0.552. The van der Waals surface area contributed by atoms with Gasteiger partial charge in [-0.25, -0.2) is 0 Å². The molecule has 0 N–H and O–H groups in total. The second-order valence-electron chi connectivity index (χ2n) is 11.2. The zero-order chi connectivity index (χ0) is 27.3. The van der Waals surface area contributed by atoms with Crippen LogP contribution >= 0.6 is 0 Å². The van der Waals surface area contributed by atoms with E-state index in [2.05, 4.69) is 27.7 Å². The third-order valence-electron chi connectivity index (χ3n) is 6.21. The molecule has 4 rings (SSSR count). The van der Waals surface area contributed by atoms with Crippen molar-refractivity contribution < 1.29 is 42.7 Å². The minimum atomic E-state index is -0.589. The first kappa shape index (κ1) is 28.5. The van der Waals surface area contributed by atoms with Gasteiger partial charge in [-0.05, 0) is 24.3 Å². The van der Waals surface area contributed by atoms with Gasteiger partial charge >= 0.3 is 0 Å². The highest BCUT2D eigenvalue weighted by atomic mass is 16.7. The average molecular weight is 531 g/mol. The number of methoxy groups -OCH3 is 2. The third-order valence-corrected chi connectivity index (χ3v) is 6.21. The normalized spacial score (nSPS) is 19.7. The lowest BCUT2D eigenvalue weighted by atomic mass is 9.94. The van der Waals surface area contributed by atoms with Gasteiger partial charge in [-0.1, -0.05) is 39.8 Å². The number of carbonyl (C=O) groups is 1. The lowest BCUT2D eigenvalue weighted by Gasteiger charge is -2.35. The summed E-state index contributed by atoms with van der Waals surface area (Å²) in [5, 5.41) is 0. The predicted octanol–water partition coefficient (Wildman–Crippen LogP) is 5.03. The summed E-state index contributed by atoms with van der Waals surface area (Å²) in [4.78, 5) is 14.1. The first-order valence-electron chi connectivity index (χ1n) is 12.6. The Balaban J connectivity index is 1.69. The van der Waals surface area contributed by atoms with Crippen molar-refractivity contribution in [2.75, 3.05) is 54.2 Å². The van der Waals surface area contributed by atoms with E-state index in [1.54, 1.807) is 24.3 Å². The molecule has 2 aliphatic rings. The first-order chi connectivity index (χ1) is 18.1. The highest BCUT2D eigenvalue weighted by Crippen LogP contribution is 2.37. The van der Waals surface area contributed by atoms with E-state index in [1.807, 2.05) is 12.1 Å². The molecule has 0 radical (unpaired) electrons. The summed E-state index contributed by atoms with van der Waals surface area (Å²) >= 11 is 0. The maximum atomic E-state index is 14.1. The van der Waals surface area contributed by atoms with Gasteiger partial charge in [0.1, 0.15) is 11.5 Å². The molecule has 2 heterocycles. The van der Waals surface area contributed by atoms with Crippen molar-refractivity contribution in [3.05, 3.63) is 58.7 Å². The second-order valence-corrected chi connectivity index (χ2v) is 11.2. The minimum Gasteiger partial charge on any atom is -0.467 e. The Morgan fingerprint density at radius 3 is 1.42 bits per heavy atom. The molecule has 2 fully saturated rings. The molecule has 2 aliphatic heterocycles.